The first-order valence-electron chi connectivity index (χ1n) is 3.70. The van der Waals surface area contributed by atoms with Gasteiger partial charge in [-0.2, -0.15) is 0 Å². The molecular weight excluding hydrogens is 154 g/mol. The van der Waals surface area contributed by atoms with Gasteiger partial charge in [-0.05, 0) is 6.92 Å². The molecule has 0 atom stereocenters. The van der Waals surface area contributed by atoms with Gasteiger partial charge in [-0.1, -0.05) is 0 Å². The van der Waals surface area contributed by atoms with Crippen LogP contribution in [0.2, 0.25) is 0 Å². The van der Waals surface area contributed by atoms with Gasteiger partial charge in [-0.15, -0.1) is 0 Å². The van der Waals surface area contributed by atoms with Gasteiger partial charge in [0.05, 0.1) is 24.1 Å². The van der Waals surface area contributed by atoms with Crippen LogP contribution in [0.25, 0.3) is 0 Å². The molecule has 12 heavy (non-hydrogen) atoms. The predicted octanol–water partition coefficient (Wildman–Crippen LogP) is 0.421. The molecule has 1 rings (SSSR count). The standard InChI is InChI=1S/C8H11N3O/c1-6-3-9-4-8(11-6)5-10-7(2)12/h3-4H,5H2,1-2H3,(H,10,12). The van der Waals surface area contributed by atoms with Crippen molar-refractivity contribution in [2.45, 2.75) is 20.4 Å². The number of carbonyl (C=O) groups excluding carboxylic acids is 1. The molecule has 1 aromatic rings. The summed E-state index contributed by atoms with van der Waals surface area (Å²) in [6, 6.07) is 0. The van der Waals surface area contributed by atoms with Crippen molar-refractivity contribution in [2.75, 3.05) is 0 Å². The van der Waals surface area contributed by atoms with E-state index >= 15 is 0 Å². The molecule has 1 heterocycles. The first-order valence-corrected chi connectivity index (χ1v) is 3.70. The Morgan fingerprint density at radius 3 is 2.92 bits per heavy atom. The number of aryl methyl sites for hydroxylation is 1. The van der Waals surface area contributed by atoms with Gasteiger partial charge < -0.3 is 5.32 Å². The molecule has 0 saturated heterocycles. The maximum absolute atomic E-state index is 10.5. The average molecular weight is 165 g/mol. The van der Waals surface area contributed by atoms with E-state index in [0.29, 0.717) is 6.54 Å². The van der Waals surface area contributed by atoms with Crippen LogP contribution in [0.5, 0.6) is 0 Å². The van der Waals surface area contributed by atoms with Crippen LogP contribution in [0.1, 0.15) is 18.3 Å². The second-order valence-electron chi connectivity index (χ2n) is 2.56. The second-order valence-corrected chi connectivity index (χ2v) is 2.56. The van der Waals surface area contributed by atoms with Crippen LogP contribution in [0.3, 0.4) is 0 Å². The Hall–Kier alpha value is -1.45. The Morgan fingerprint density at radius 1 is 1.58 bits per heavy atom. The molecule has 0 unspecified atom stereocenters. The smallest absolute Gasteiger partial charge is 0.217 e. The van der Waals surface area contributed by atoms with Crippen molar-refractivity contribution >= 4 is 5.91 Å². The van der Waals surface area contributed by atoms with Gasteiger partial charge in [-0.3, -0.25) is 14.8 Å². The maximum atomic E-state index is 10.5. The molecule has 4 heteroatoms. The van der Waals surface area contributed by atoms with Crippen LogP contribution in [0.4, 0.5) is 0 Å². The lowest BCUT2D eigenvalue weighted by Gasteiger charge is -2.00. The highest BCUT2D eigenvalue weighted by atomic mass is 16.1. The van der Waals surface area contributed by atoms with Gasteiger partial charge in [0.1, 0.15) is 0 Å². The fourth-order valence-corrected chi connectivity index (χ4v) is 0.816. The number of amides is 1. The van der Waals surface area contributed by atoms with Gasteiger partial charge in [0.2, 0.25) is 5.91 Å². The molecule has 0 bridgehead atoms. The molecule has 1 N–H and O–H groups in total. The molecule has 0 aliphatic carbocycles. The van der Waals surface area contributed by atoms with Crippen LogP contribution >= 0.6 is 0 Å². The molecule has 1 amide bonds. The van der Waals surface area contributed by atoms with Crippen LogP contribution in [0.15, 0.2) is 12.4 Å². The van der Waals surface area contributed by atoms with Crippen molar-refractivity contribution < 1.29 is 4.79 Å². The number of nitrogens with zero attached hydrogens (tertiary/aromatic N) is 2. The van der Waals surface area contributed by atoms with E-state index in [-0.39, 0.29) is 5.91 Å². The van der Waals surface area contributed by atoms with Crippen molar-refractivity contribution in [1.82, 2.24) is 15.3 Å². The molecular formula is C8H11N3O. The lowest BCUT2D eigenvalue weighted by molar-refractivity contribution is -0.119. The van der Waals surface area contributed by atoms with E-state index in [1.165, 1.54) is 6.92 Å². The number of hydrogen-bond donors (Lipinski definition) is 1. The largest absolute Gasteiger partial charge is 0.351 e. The number of rotatable bonds is 2. The summed E-state index contributed by atoms with van der Waals surface area (Å²) in [6.45, 7) is 3.79. The van der Waals surface area contributed by atoms with E-state index in [1.807, 2.05) is 6.92 Å². The summed E-state index contributed by atoms with van der Waals surface area (Å²) >= 11 is 0. The average Bonchev–Trinajstić information content (AvgIpc) is 2.01. The summed E-state index contributed by atoms with van der Waals surface area (Å²) in [5, 5.41) is 2.65. The molecule has 0 spiro atoms. The first-order chi connectivity index (χ1) is 5.68. The third kappa shape index (κ3) is 2.65. The van der Waals surface area contributed by atoms with Crippen LogP contribution < -0.4 is 5.32 Å². The Bertz CT molecular complexity index is 285. The van der Waals surface area contributed by atoms with E-state index in [4.69, 9.17) is 0 Å². The quantitative estimate of drug-likeness (QED) is 0.691. The zero-order chi connectivity index (χ0) is 8.97. The first kappa shape index (κ1) is 8.64. The summed E-state index contributed by atoms with van der Waals surface area (Å²) in [5.41, 5.74) is 1.64. The van der Waals surface area contributed by atoms with E-state index in [2.05, 4.69) is 15.3 Å². The summed E-state index contributed by atoms with van der Waals surface area (Å²) in [7, 11) is 0. The monoisotopic (exact) mass is 165 g/mol. The van der Waals surface area contributed by atoms with E-state index in [0.717, 1.165) is 11.4 Å². The Kier molecular flexibility index (Phi) is 2.74. The molecule has 0 fully saturated rings. The van der Waals surface area contributed by atoms with E-state index < -0.39 is 0 Å². The van der Waals surface area contributed by atoms with Gasteiger partial charge in [0.25, 0.3) is 0 Å². The number of carbonyl (C=O) groups is 1. The van der Waals surface area contributed by atoms with Crippen molar-refractivity contribution in [3.63, 3.8) is 0 Å². The van der Waals surface area contributed by atoms with E-state index in [9.17, 15) is 4.79 Å². The maximum Gasteiger partial charge on any atom is 0.217 e. The molecule has 64 valence electrons. The van der Waals surface area contributed by atoms with Gasteiger partial charge in [0, 0.05) is 13.1 Å². The van der Waals surface area contributed by atoms with Gasteiger partial charge in [-0.25, -0.2) is 0 Å². The highest BCUT2D eigenvalue weighted by molar-refractivity contribution is 5.72. The highest BCUT2D eigenvalue weighted by Crippen LogP contribution is 1.93. The predicted molar refractivity (Wildman–Crippen MR) is 44.3 cm³/mol. The Labute approximate surface area is 71.0 Å². The normalized spacial score (nSPS) is 9.50. The minimum atomic E-state index is -0.0571. The van der Waals surface area contributed by atoms with Gasteiger partial charge in [0.15, 0.2) is 0 Å². The lowest BCUT2D eigenvalue weighted by Crippen LogP contribution is -2.19. The fraction of sp³-hybridized carbons (Fsp3) is 0.375. The van der Waals surface area contributed by atoms with E-state index in [1.54, 1.807) is 12.4 Å². The molecule has 0 saturated carbocycles. The molecule has 0 radical (unpaired) electrons. The zero-order valence-electron chi connectivity index (χ0n) is 7.16. The Morgan fingerprint density at radius 2 is 2.33 bits per heavy atom. The van der Waals surface area contributed by atoms with Crippen molar-refractivity contribution in [1.29, 1.82) is 0 Å². The number of aromatic nitrogens is 2. The van der Waals surface area contributed by atoms with Crippen LogP contribution in [0, 0.1) is 6.92 Å². The molecule has 0 aliphatic heterocycles. The second kappa shape index (κ2) is 3.80. The molecule has 4 nitrogen and oxygen atoms in total. The SMILES string of the molecule is CC(=O)NCc1cncc(C)n1. The van der Waals surface area contributed by atoms with Crippen molar-refractivity contribution in [3.05, 3.63) is 23.8 Å². The summed E-state index contributed by atoms with van der Waals surface area (Å²) < 4.78 is 0. The molecule has 0 aromatic carbocycles. The van der Waals surface area contributed by atoms with Crippen molar-refractivity contribution in [3.8, 4) is 0 Å². The fourth-order valence-electron chi connectivity index (χ4n) is 0.816. The zero-order valence-corrected chi connectivity index (χ0v) is 7.16. The number of nitrogens with one attached hydrogen (secondary N) is 1. The topological polar surface area (TPSA) is 54.9 Å². The Balaban J connectivity index is 2.57. The van der Waals surface area contributed by atoms with Crippen LogP contribution in [-0.4, -0.2) is 15.9 Å². The summed E-state index contributed by atoms with van der Waals surface area (Å²) in [5.74, 6) is -0.0571. The summed E-state index contributed by atoms with van der Waals surface area (Å²) in [6.07, 6.45) is 3.32. The minimum Gasteiger partial charge on any atom is -0.351 e. The number of hydrogen-bond acceptors (Lipinski definition) is 3. The summed E-state index contributed by atoms with van der Waals surface area (Å²) in [4.78, 5) is 18.7. The lowest BCUT2D eigenvalue weighted by atomic mass is 10.4. The van der Waals surface area contributed by atoms with Gasteiger partial charge >= 0.3 is 0 Å². The highest BCUT2D eigenvalue weighted by Gasteiger charge is 1.95. The van der Waals surface area contributed by atoms with Crippen LogP contribution in [-0.2, 0) is 11.3 Å². The molecule has 1 aromatic heterocycles. The minimum absolute atomic E-state index is 0.0571. The molecule has 0 aliphatic rings. The third-order valence-corrected chi connectivity index (χ3v) is 1.32. The van der Waals surface area contributed by atoms with Crippen molar-refractivity contribution in [2.24, 2.45) is 0 Å². The third-order valence-electron chi connectivity index (χ3n) is 1.32.